The highest BCUT2D eigenvalue weighted by Crippen LogP contribution is 2.25. The minimum atomic E-state index is 0.549. The summed E-state index contributed by atoms with van der Waals surface area (Å²) >= 11 is 0. The summed E-state index contributed by atoms with van der Waals surface area (Å²) in [6.45, 7) is 0. The fraction of sp³-hybridized carbons (Fsp3) is 0.667. The van der Waals surface area contributed by atoms with Gasteiger partial charge >= 0.3 is 0 Å². The smallest absolute Gasteiger partial charge is 0.126 e. The molecule has 18 heavy (non-hydrogen) atoms. The molecule has 1 aliphatic rings. The third-order valence-corrected chi connectivity index (χ3v) is 3.92. The summed E-state index contributed by atoms with van der Waals surface area (Å²) in [4.78, 5) is 4.03. The number of nitrogens with zero attached hydrogens (tertiary/aromatic N) is 1. The third-order valence-electron chi connectivity index (χ3n) is 3.92. The number of pyridine rings is 1. The molecule has 3 nitrogen and oxygen atoms in total. The van der Waals surface area contributed by atoms with Crippen molar-refractivity contribution in [1.29, 1.82) is 0 Å². The molecule has 3 heteroatoms. The number of anilines is 2. The van der Waals surface area contributed by atoms with Crippen molar-refractivity contribution in [2.75, 3.05) is 11.5 Å². The maximum atomic E-state index is 5.75. The second-order valence-corrected chi connectivity index (χ2v) is 5.59. The Bertz CT molecular complexity index is 346. The van der Waals surface area contributed by atoms with Crippen LogP contribution in [0.2, 0.25) is 0 Å². The zero-order valence-corrected chi connectivity index (χ0v) is 11.2. The van der Waals surface area contributed by atoms with Crippen LogP contribution in [0.1, 0.15) is 56.9 Å². The largest absolute Gasteiger partial charge is 0.384 e. The fourth-order valence-electron chi connectivity index (χ4n) is 3.01. The molecule has 0 spiro atoms. The van der Waals surface area contributed by atoms with E-state index in [1.165, 1.54) is 56.9 Å². The molecule has 1 saturated carbocycles. The lowest BCUT2D eigenvalue weighted by Crippen LogP contribution is -2.06. The zero-order valence-electron chi connectivity index (χ0n) is 11.2. The van der Waals surface area contributed by atoms with Gasteiger partial charge in [-0.3, -0.25) is 0 Å². The Labute approximate surface area is 110 Å². The first-order chi connectivity index (χ1) is 8.74. The molecular weight excluding hydrogens is 222 g/mol. The van der Waals surface area contributed by atoms with Crippen LogP contribution in [0.3, 0.4) is 0 Å². The molecule has 1 fully saturated rings. The minimum absolute atomic E-state index is 0.549. The van der Waals surface area contributed by atoms with Gasteiger partial charge < -0.3 is 11.5 Å². The summed E-state index contributed by atoms with van der Waals surface area (Å²) in [6, 6.07) is 3.95. The highest BCUT2D eigenvalue weighted by Gasteiger charge is 2.12. The predicted molar refractivity (Wildman–Crippen MR) is 77.2 cm³/mol. The molecule has 0 aliphatic heterocycles. The Morgan fingerprint density at radius 1 is 0.889 bits per heavy atom. The van der Waals surface area contributed by atoms with Crippen LogP contribution in [0.15, 0.2) is 12.1 Å². The van der Waals surface area contributed by atoms with E-state index in [0.717, 1.165) is 12.3 Å². The fourth-order valence-corrected chi connectivity index (χ4v) is 3.01. The maximum Gasteiger partial charge on any atom is 0.126 e. The van der Waals surface area contributed by atoms with Gasteiger partial charge in [0.1, 0.15) is 11.6 Å². The zero-order chi connectivity index (χ0) is 12.8. The Balaban J connectivity index is 1.96. The van der Waals surface area contributed by atoms with Crippen molar-refractivity contribution < 1.29 is 0 Å². The standard InChI is InChI=1S/C15H25N3/c16-14-10-13(11-15(17)18-14)9-12-7-5-3-1-2-4-6-8-12/h10-12H,1-9H2,(H4,16,17,18). The summed E-state index contributed by atoms with van der Waals surface area (Å²) in [5.41, 5.74) is 12.8. The van der Waals surface area contributed by atoms with E-state index in [0.29, 0.717) is 11.6 Å². The van der Waals surface area contributed by atoms with Crippen LogP contribution in [0.5, 0.6) is 0 Å². The average molecular weight is 247 g/mol. The highest BCUT2D eigenvalue weighted by molar-refractivity contribution is 5.43. The van der Waals surface area contributed by atoms with Crippen molar-refractivity contribution in [2.45, 2.75) is 57.8 Å². The van der Waals surface area contributed by atoms with E-state index in [1.54, 1.807) is 0 Å². The first kappa shape index (κ1) is 13.2. The molecule has 0 amide bonds. The molecule has 0 bridgehead atoms. The Morgan fingerprint density at radius 3 is 1.94 bits per heavy atom. The summed E-state index contributed by atoms with van der Waals surface area (Å²) in [7, 11) is 0. The molecule has 1 aromatic heterocycles. The molecule has 4 N–H and O–H groups in total. The highest BCUT2D eigenvalue weighted by atomic mass is 14.9. The molecule has 0 radical (unpaired) electrons. The van der Waals surface area contributed by atoms with Crippen LogP contribution in [0, 0.1) is 5.92 Å². The Morgan fingerprint density at radius 2 is 1.39 bits per heavy atom. The van der Waals surface area contributed by atoms with E-state index in [9.17, 15) is 0 Å². The predicted octanol–water partition coefficient (Wildman–Crippen LogP) is 3.54. The first-order valence-corrected chi connectivity index (χ1v) is 7.26. The number of hydrogen-bond donors (Lipinski definition) is 2. The Hall–Kier alpha value is -1.25. The van der Waals surface area contributed by atoms with Gasteiger partial charge in [-0.25, -0.2) is 4.98 Å². The third kappa shape index (κ3) is 4.21. The van der Waals surface area contributed by atoms with Crippen molar-refractivity contribution in [1.82, 2.24) is 4.98 Å². The van der Waals surface area contributed by atoms with Crippen LogP contribution in [0.4, 0.5) is 11.6 Å². The van der Waals surface area contributed by atoms with Gasteiger partial charge in [-0.1, -0.05) is 51.4 Å². The van der Waals surface area contributed by atoms with E-state index in [1.807, 2.05) is 12.1 Å². The van der Waals surface area contributed by atoms with Crippen LogP contribution in [0.25, 0.3) is 0 Å². The summed E-state index contributed by atoms with van der Waals surface area (Å²) in [6.07, 6.45) is 12.2. The van der Waals surface area contributed by atoms with Crippen LogP contribution < -0.4 is 11.5 Å². The molecule has 1 aromatic rings. The van der Waals surface area contributed by atoms with E-state index in [-0.39, 0.29) is 0 Å². The lowest BCUT2D eigenvalue weighted by Gasteiger charge is -2.16. The molecule has 2 rings (SSSR count). The van der Waals surface area contributed by atoms with Crippen molar-refractivity contribution in [3.05, 3.63) is 17.7 Å². The molecule has 0 atom stereocenters. The Kier molecular flexibility index (Phi) is 4.85. The van der Waals surface area contributed by atoms with Gasteiger partial charge in [0.25, 0.3) is 0 Å². The summed E-state index contributed by atoms with van der Waals surface area (Å²) < 4.78 is 0. The van der Waals surface area contributed by atoms with Gasteiger partial charge in [-0.2, -0.15) is 0 Å². The topological polar surface area (TPSA) is 64.9 Å². The number of nitrogen functional groups attached to an aromatic ring is 2. The number of hydrogen-bond acceptors (Lipinski definition) is 3. The summed E-state index contributed by atoms with van der Waals surface area (Å²) in [5.74, 6) is 1.89. The average Bonchev–Trinajstić information content (AvgIpc) is 2.41. The van der Waals surface area contributed by atoms with Gasteiger partial charge in [0.15, 0.2) is 0 Å². The van der Waals surface area contributed by atoms with Crippen molar-refractivity contribution >= 4 is 11.6 Å². The van der Waals surface area contributed by atoms with Crippen LogP contribution in [-0.4, -0.2) is 4.98 Å². The van der Waals surface area contributed by atoms with Crippen molar-refractivity contribution in [2.24, 2.45) is 5.92 Å². The molecule has 100 valence electrons. The maximum absolute atomic E-state index is 5.75. The van der Waals surface area contributed by atoms with E-state index >= 15 is 0 Å². The van der Waals surface area contributed by atoms with E-state index in [2.05, 4.69) is 4.98 Å². The second-order valence-electron chi connectivity index (χ2n) is 5.59. The van der Waals surface area contributed by atoms with Crippen LogP contribution in [-0.2, 0) is 6.42 Å². The van der Waals surface area contributed by atoms with Crippen molar-refractivity contribution in [3.8, 4) is 0 Å². The first-order valence-electron chi connectivity index (χ1n) is 7.26. The minimum Gasteiger partial charge on any atom is -0.384 e. The molecule has 0 aromatic carbocycles. The quantitative estimate of drug-likeness (QED) is 0.840. The van der Waals surface area contributed by atoms with Gasteiger partial charge in [-0.05, 0) is 30.0 Å². The lowest BCUT2D eigenvalue weighted by molar-refractivity contribution is 0.425. The van der Waals surface area contributed by atoms with Gasteiger partial charge in [-0.15, -0.1) is 0 Å². The lowest BCUT2D eigenvalue weighted by atomic mass is 9.90. The van der Waals surface area contributed by atoms with Crippen LogP contribution >= 0.6 is 0 Å². The van der Waals surface area contributed by atoms with E-state index in [4.69, 9.17) is 11.5 Å². The number of aromatic nitrogens is 1. The SMILES string of the molecule is Nc1cc(CC2CCCCCCCC2)cc(N)n1. The summed E-state index contributed by atoms with van der Waals surface area (Å²) in [5, 5.41) is 0. The molecular formula is C15H25N3. The van der Waals surface area contributed by atoms with Gasteiger partial charge in [0.2, 0.25) is 0 Å². The number of nitrogens with two attached hydrogens (primary N) is 2. The normalized spacial score (nSPS) is 18.9. The van der Waals surface area contributed by atoms with E-state index < -0.39 is 0 Å². The monoisotopic (exact) mass is 247 g/mol. The van der Waals surface area contributed by atoms with Crippen molar-refractivity contribution in [3.63, 3.8) is 0 Å². The molecule has 0 unspecified atom stereocenters. The second kappa shape index (κ2) is 6.62. The van der Waals surface area contributed by atoms with Gasteiger partial charge in [0, 0.05) is 0 Å². The molecule has 1 heterocycles. The number of rotatable bonds is 2. The molecule has 0 saturated heterocycles. The van der Waals surface area contributed by atoms with Gasteiger partial charge in [0.05, 0.1) is 0 Å². The molecule has 1 aliphatic carbocycles.